The van der Waals surface area contributed by atoms with Gasteiger partial charge in [0.1, 0.15) is 6.33 Å². The summed E-state index contributed by atoms with van der Waals surface area (Å²) in [5.41, 5.74) is 6.80. The van der Waals surface area contributed by atoms with Crippen LogP contribution in [0.15, 0.2) is 12.4 Å². The van der Waals surface area contributed by atoms with E-state index in [0.29, 0.717) is 17.7 Å². The van der Waals surface area contributed by atoms with E-state index in [-0.39, 0.29) is 0 Å². The highest BCUT2D eigenvalue weighted by Crippen LogP contribution is 2.34. The summed E-state index contributed by atoms with van der Waals surface area (Å²) in [6, 6.07) is 1.95. The average Bonchev–Trinajstić information content (AvgIpc) is 2.39. The Kier molecular flexibility index (Phi) is 3.72. The van der Waals surface area contributed by atoms with Crippen molar-refractivity contribution < 1.29 is 4.74 Å². The molecule has 16 heavy (non-hydrogen) atoms. The van der Waals surface area contributed by atoms with Crippen molar-refractivity contribution in [2.75, 3.05) is 13.7 Å². The van der Waals surface area contributed by atoms with Crippen molar-refractivity contribution in [1.29, 1.82) is 0 Å². The molecule has 1 aliphatic carbocycles. The summed E-state index contributed by atoms with van der Waals surface area (Å²) in [5, 5.41) is 0. The molecule has 1 heterocycles. The molecular formula is C12H19N3O. The third kappa shape index (κ3) is 2.50. The van der Waals surface area contributed by atoms with Crippen molar-refractivity contribution in [2.45, 2.75) is 31.6 Å². The zero-order valence-electron chi connectivity index (χ0n) is 9.72. The number of nitrogens with zero attached hydrogens (tertiary/aromatic N) is 2. The summed E-state index contributed by atoms with van der Waals surface area (Å²) >= 11 is 0. The van der Waals surface area contributed by atoms with Gasteiger partial charge in [-0.15, -0.1) is 0 Å². The average molecular weight is 221 g/mol. The van der Waals surface area contributed by atoms with Crippen molar-refractivity contribution in [3.8, 4) is 5.88 Å². The van der Waals surface area contributed by atoms with Crippen molar-refractivity contribution in [1.82, 2.24) is 9.97 Å². The molecule has 0 saturated heterocycles. The van der Waals surface area contributed by atoms with Crippen LogP contribution in [-0.2, 0) is 0 Å². The van der Waals surface area contributed by atoms with Crippen LogP contribution in [0, 0.1) is 5.92 Å². The molecule has 0 spiro atoms. The van der Waals surface area contributed by atoms with Gasteiger partial charge < -0.3 is 10.5 Å². The molecule has 4 heteroatoms. The van der Waals surface area contributed by atoms with E-state index in [1.807, 2.05) is 6.07 Å². The second kappa shape index (κ2) is 5.25. The minimum Gasteiger partial charge on any atom is -0.481 e. The van der Waals surface area contributed by atoms with E-state index in [9.17, 15) is 0 Å². The van der Waals surface area contributed by atoms with Crippen molar-refractivity contribution in [2.24, 2.45) is 11.7 Å². The lowest BCUT2D eigenvalue weighted by molar-refractivity contribution is 0.327. The molecule has 2 rings (SSSR count). The van der Waals surface area contributed by atoms with E-state index in [1.165, 1.54) is 25.7 Å². The van der Waals surface area contributed by atoms with Crippen LogP contribution in [0.5, 0.6) is 5.88 Å². The zero-order chi connectivity index (χ0) is 11.4. The highest BCUT2D eigenvalue weighted by molar-refractivity contribution is 5.17. The maximum atomic E-state index is 5.69. The fraction of sp³-hybridized carbons (Fsp3) is 0.667. The van der Waals surface area contributed by atoms with Gasteiger partial charge in [-0.1, -0.05) is 0 Å². The second-order valence-corrected chi connectivity index (χ2v) is 4.44. The Bertz CT molecular complexity index is 335. The lowest BCUT2D eigenvalue weighted by Crippen LogP contribution is -2.21. The van der Waals surface area contributed by atoms with E-state index >= 15 is 0 Å². The van der Waals surface area contributed by atoms with Gasteiger partial charge in [-0.3, -0.25) is 0 Å². The van der Waals surface area contributed by atoms with E-state index in [1.54, 1.807) is 13.4 Å². The van der Waals surface area contributed by atoms with Crippen LogP contribution in [0.25, 0.3) is 0 Å². The Morgan fingerprint density at radius 2 is 2.06 bits per heavy atom. The van der Waals surface area contributed by atoms with Crippen molar-refractivity contribution in [3.05, 3.63) is 18.1 Å². The van der Waals surface area contributed by atoms with Gasteiger partial charge in [0, 0.05) is 12.0 Å². The quantitative estimate of drug-likeness (QED) is 0.844. The van der Waals surface area contributed by atoms with Crippen LogP contribution in [0.3, 0.4) is 0 Å². The Labute approximate surface area is 96.2 Å². The van der Waals surface area contributed by atoms with E-state index in [4.69, 9.17) is 10.5 Å². The number of aromatic nitrogens is 2. The van der Waals surface area contributed by atoms with Crippen LogP contribution in [0.4, 0.5) is 0 Å². The van der Waals surface area contributed by atoms with Gasteiger partial charge in [0.2, 0.25) is 5.88 Å². The number of rotatable bonds is 3. The molecule has 0 unspecified atom stereocenters. The smallest absolute Gasteiger partial charge is 0.216 e. The maximum absolute atomic E-state index is 5.69. The number of ether oxygens (including phenoxy) is 1. The molecule has 2 N–H and O–H groups in total. The number of methoxy groups -OCH3 is 1. The molecule has 0 amide bonds. The number of nitrogens with two attached hydrogens (primary N) is 1. The Hall–Kier alpha value is -1.16. The summed E-state index contributed by atoms with van der Waals surface area (Å²) < 4.78 is 5.12. The number of hydrogen-bond acceptors (Lipinski definition) is 4. The minimum absolute atomic E-state index is 0.555. The summed E-state index contributed by atoms with van der Waals surface area (Å²) in [6.07, 6.45) is 6.38. The minimum atomic E-state index is 0.555. The number of hydrogen-bond donors (Lipinski definition) is 1. The van der Waals surface area contributed by atoms with Gasteiger partial charge in [-0.25, -0.2) is 9.97 Å². The van der Waals surface area contributed by atoms with Gasteiger partial charge in [0.25, 0.3) is 0 Å². The topological polar surface area (TPSA) is 61.0 Å². The fourth-order valence-electron chi connectivity index (χ4n) is 2.38. The van der Waals surface area contributed by atoms with Crippen LogP contribution >= 0.6 is 0 Å². The molecule has 1 saturated carbocycles. The molecule has 88 valence electrons. The summed E-state index contributed by atoms with van der Waals surface area (Å²) in [7, 11) is 1.64. The molecule has 0 atom stereocenters. The molecule has 0 aromatic carbocycles. The largest absolute Gasteiger partial charge is 0.481 e. The molecular weight excluding hydrogens is 202 g/mol. The van der Waals surface area contributed by atoms with Gasteiger partial charge >= 0.3 is 0 Å². The van der Waals surface area contributed by atoms with Crippen molar-refractivity contribution >= 4 is 0 Å². The summed E-state index contributed by atoms with van der Waals surface area (Å²) in [5.74, 6) is 1.92. The maximum Gasteiger partial charge on any atom is 0.216 e. The molecule has 4 nitrogen and oxygen atoms in total. The standard InChI is InChI=1S/C12H19N3O/c1-16-12-6-11(14-8-15-12)10-4-2-9(7-13)3-5-10/h6,8-10H,2-5,7,13H2,1H3. The monoisotopic (exact) mass is 221 g/mol. The van der Waals surface area contributed by atoms with Gasteiger partial charge in [-0.05, 0) is 38.1 Å². The molecule has 1 aromatic heterocycles. The predicted molar refractivity (Wildman–Crippen MR) is 62.3 cm³/mol. The normalized spacial score (nSPS) is 25.4. The second-order valence-electron chi connectivity index (χ2n) is 4.44. The first kappa shape index (κ1) is 11.3. The van der Waals surface area contributed by atoms with E-state index in [2.05, 4.69) is 9.97 Å². The SMILES string of the molecule is COc1cc(C2CCC(CN)CC2)ncn1. The Morgan fingerprint density at radius 1 is 1.31 bits per heavy atom. The highest BCUT2D eigenvalue weighted by atomic mass is 16.5. The first-order valence-electron chi connectivity index (χ1n) is 5.89. The van der Waals surface area contributed by atoms with Crippen molar-refractivity contribution in [3.63, 3.8) is 0 Å². The van der Waals surface area contributed by atoms with Gasteiger partial charge in [0.15, 0.2) is 0 Å². The lowest BCUT2D eigenvalue weighted by Gasteiger charge is -2.27. The van der Waals surface area contributed by atoms with Crippen LogP contribution in [0.2, 0.25) is 0 Å². The lowest BCUT2D eigenvalue weighted by atomic mass is 9.80. The van der Waals surface area contributed by atoms with Gasteiger partial charge in [0.05, 0.1) is 12.8 Å². The van der Waals surface area contributed by atoms with E-state index in [0.717, 1.165) is 12.2 Å². The molecule has 1 aliphatic rings. The third-order valence-corrected chi connectivity index (χ3v) is 3.47. The Balaban J connectivity index is 2.02. The zero-order valence-corrected chi connectivity index (χ0v) is 9.72. The molecule has 0 radical (unpaired) electrons. The summed E-state index contributed by atoms with van der Waals surface area (Å²) in [4.78, 5) is 8.37. The summed E-state index contributed by atoms with van der Waals surface area (Å²) in [6.45, 7) is 0.819. The van der Waals surface area contributed by atoms with E-state index < -0.39 is 0 Å². The Morgan fingerprint density at radius 3 is 2.69 bits per heavy atom. The van der Waals surface area contributed by atoms with Crippen LogP contribution in [-0.4, -0.2) is 23.6 Å². The van der Waals surface area contributed by atoms with Crippen LogP contribution in [0.1, 0.15) is 37.3 Å². The highest BCUT2D eigenvalue weighted by Gasteiger charge is 2.22. The molecule has 1 aromatic rings. The third-order valence-electron chi connectivity index (χ3n) is 3.47. The molecule has 1 fully saturated rings. The fourth-order valence-corrected chi connectivity index (χ4v) is 2.38. The van der Waals surface area contributed by atoms with Gasteiger partial charge in [-0.2, -0.15) is 0 Å². The molecule has 0 aliphatic heterocycles. The predicted octanol–water partition coefficient (Wildman–Crippen LogP) is 1.72. The van der Waals surface area contributed by atoms with Crippen LogP contribution < -0.4 is 10.5 Å². The molecule has 0 bridgehead atoms. The first-order valence-corrected chi connectivity index (χ1v) is 5.89. The first-order chi connectivity index (χ1) is 7.83.